The number of nitrogens with one attached hydrogen (secondary N) is 2. The predicted octanol–water partition coefficient (Wildman–Crippen LogP) is 3.20. The number of esters is 1. The van der Waals surface area contributed by atoms with Crippen LogP contribution >= 0.6 is 0 Å². The van der Waals surface area contributed by atoms with Crippen LogP contribution in [0.4, 0.5) is 5.69 Å². The van der Waals surface area contributed by atoms with E-state index in [-0.39, 0.29) is 23.8 Å². The Morgan fingerprint density at radius 3 is 2.62 bits per heavy atom. The number of benzene rings is 2. The van der Waals surface area contributed by atoms with E-state index >= 15 is 0 Å². The Labute approximate surface area is 182 Å². The van der Waals surface area contributed by atoms with E-state index in [1.54, 1.807) is 42.5 Å². The van der Waals surface area contributed by atoms with Gasteiger partial charge in [-0.1, -0.05) is 12.1 Å². The molecule has 0 saturated heterocycles. The molecule has 0 radical (unpaired) electrons. The molecule has 3 aromatic rings. The quantitative estimate of drug-likeness (QED) is 0.452. The van der Waals surface area contributed by atoms with Gasteiger partial charge in [-0.25, -0.2) is 4.79 Å². The molecule has 1 aromatic heterocycles. The number of furan rings is 1. The van der Waals surface area contributed by atoms with Crippen molar-refractivity contribution < 1.29 is 33.0 Å². The second-order valence-corrected chi connectivity index (χ2v) is 6.63. The van der Waals surface area contributed by atoms with E-state index < -0.39 is 17.8 Å². The number of methoxy groups -OCH3 is 1. The molecule has 9 nitrogen and oxygen atoms in total. The lowest BCUT2D eigenvalue weighted by molar-refractivity contribution is -0.113. The smallest absolute Gasteiger partial charge is 0.337 e. The summed E-state index contributed by atoms with van der Waals surface area (Å²) in [7, 11) is 1.27. The lowest BCUT2D eigenvalue weighted by atomic mass is 10.1. The van der Waals surface area contributed by atoms with Gasteiger partial charge >= 0.3 is 5.97 Å². The molecule has 4 rings (SSSR count). The lowest BCUT2D eigenvalue weighted by Gasteiger charge is -2.11. The highest BCUT2D eigenvalue weighted by molar-refractivity contribution is 6.10. The van der Waals surface area contributed by atoms with Crippen molar-refractivity contribution in [3.63, 3.8) is 0 Å². The Bertz CT molecular complexity index is 1200. The maximum Gasteiger partial charge on any atom is 0.337 e. The molecular formula is C23H18N2O7. The SMILES string of the molecule is COC(=O)c1cccc(NC(=O)C(=Cc2ccc3c(c2)OCO3)NC(=O)c2ccco2)c1. The molecular weight excluding hydrogens is 416 g/mol. The molecule has 0 saturated carbocycles. The largest absolute Gasteiger partial charge is 0.465 e. The summed E-state index contributed by atoms with van der Waals surface area (Å²) in [5.74, 6) is -0.579. The number of fused-ring (bicyclic) bond motifs is 1. The molecule has 1 aliphatic rings. The highest BCUT2D eigenvalue weighted by Gasteiger charge is 2.19. The van der Waals surface area contributed by atoms with Crippen LogP contribution in [0, 0.1) is 0 Å². The number of carbonyl (C=O) groups excluding carboxylic acids is 3. The standard InChI is InChI=1S/C23H18N2O7/c1-29-23(28)15-4-2-5-16(12-15)24-21(26)17(25-22(27)19-6-3-9-30-19)10-14-7-8-18-20(11-14)32-13-31-18/h2-12H,13H2,1H3,(H,24,26)(H,25,27). The normalized spacial score (nSPS) is 12.2. The fourth-order valence-corrected chi connectivity index (χ4v) is 2.96. The molecule has 2 heterocycles. The summed E-state index contributed by atoms with van der Waals surface area (Å²) in [6.07, 6.45) is 2.84. The van der Waals surface area contributed by atoms with Crippen molar-refractivity contribution in [2.45, 2.75) is 0 Å². The van der Waals surface area contributed by atoms with E-state index in [0.717, 1.165) is 0 Å². The zero-order chi connectivity index (χ0) is 22.5. The number of ether oxygens (including phenoxy) is 3. The number of hydrogen-bond donors (Lipinski definition) is 2. The zero-order valence-corrected chi connectivity index (χ0v) is 16.9. The second-order valence-electron chi connectivity index (χ2n) is 6.63. The molecule has 0 atom stereocenters. The van der Waals surface area contributed by atoms with Gasteiger partial charge in [-0.15, -0.1) is 0 Å². The Balaban J connectivity index is 1.61. The molecule has 32 heavy (non-hydrogen) atoms. The van der Waals surface area contributed by atoms with Crippen LogP contribution < -0.4 is 20.1 Å². The van der Waals surface area contributed by atoms with E-state index in [1.165, 1.54) is 31.6 Å². The first-order chi connectivity index (χ1) is 15.5. The molecule has 0 fully saturated rings. The van der Waals surface area contributed by atoms with Crippen molar-refractivity contribution in [2.75, 3.05) is 19.2 Å². The summed E-state index contributed by atoms with van der Waals surface area (Å²) in [5, 5.41) is 5.23. The number of rotatable bonds is 6. The molecule has 2 N–H and O–H groups in total. The van der Waals surface area contributed by atoms with Crippen LogP contribution in [0.1, 0.15) is 26.5 Å². The van der Waals surface area contributed by atoms with Gasteiger partial charge in [0.05, 0.1) is 18.9 Å². The molecule has 2 amide bonds. The number of anilines is 1. The first-order valence-electron chi connectivity index (χ1n) is 9.49. The maximum absolute atomic E-state index is 13.0. The third kappa shape index (κ3) is 4.62. The van der Waals surface area contributed by atoms with Crippen LogP contribution in [0.15, 0.2) is 71.0 Å². The molecule has 0 aliphatic carbocycles. The fourth-order valence-electron chi connectivity index (χ4n) is 2.96. The highest BCUT2D eigenvalue weighted by Crippen LogP contribution is 2.33. The first kappa shape index (κ1) is 20.7. The van der Waals surface area contributed by atoms with E-state index in [1.807, 2.05) is 0 Å². The summed E-state index contributed by atoms with van der Waals surface area (Å²) in [6.45, 7) is 0.113. The van der Waals surface area contributed by atoms with Gasteiger partial charge in [0.1, 0.15) is 5.70 Å². The van der Waals surface area contributed by atoms with Gasteiger partial charge in [0.15, 0.2) is 17.3 Å². The minimum atomic E-state index is -0.607. The van der Waals surface area contributed by atoms with E-state index in [2.05, 4.69) is 10.6 Å². The average molecular weight is 434 g/mol. The number of carbonyl (C=O) groups is 3. The molecule has 162 valence electrons. The van der Waals surface area contributed by atoms with Gasteiger partial charge in [0.25, 0.3) is 11.8 Å². The zero-order valence-electron chi connectivity index (χ0n) is 16.9. The van der Waals surface area contributed by atoms with Crippen LogP contribution in [0.3, 0.4) is 0 Å². The third-order valence-electron chi connectivity index (χ3n) is 4.49. The highest BCUT2D eigenvalue weighted by atomic mass is 16.7. The maximum atomic E-state index is 13.0. The Kier molecular flexibility index (Phi) is 5.89. The average Bonchev–Trinajstić information content (AvgIpc) is 3.50. The Morgan fingerprint density at radius 1 is 1.00 bits per heavy atom. The molecule has 0 bridgehead atoms. The van der Waals surface area contributed by atoms with Crippen molar-refractivity contribution in [3.8, 4) is 11.5 Å². The Hall–Kier alpha value is -4.53. The lowest BCUT2D eigenvalue weighted by Crippen LogP contribution is -2.30. The van der Waals surface area contributed by atoms with Crippen molar-refractivity contribution >= 4 is 29.5 Å². The molecule has 2 aromatic carbocycles. The minimum absolute atomic E-state index is 0.0436. The van der Waals surface area contributed by atoms with Crippen LogP contribution in [0.25, 0.3) is 6.08 Å². The van der Waals surface area contributed by atoms with Gasteiger partial charge < -0.3 is 29.3 Å². The fraction of sp³-hybridized carbons (Fsp3) is 0.0870. The van der Waals surface area contributed by atoms with E-state index in [9.17, 15) is 14.4 Å². The summed E-state index contributed by atoms with van der Waals surface area (Å²) < 4.78 is 20.5. The molecule has 0 spiro atoms. The summed E-state index contributed by atoms with van der Waals surface area (Å²) in [5.41, 5.74) is 1.17. The van der Waals surface area contributed by atoms with Gasteiger partial charge in [0, 0.05) is 5.69 Å². The van der Waals surface area contributed by atoms with Crippen LogP contribution in [-0.2, 0) is 9.53 Å². The molecule has 1 aliphatic heterocycles. The minimum Gasteiger partial charge on any atom is -0.465 e. The molecule has 9 heteroatoms. The van der Waals surface area contributed by atoms with Crippen LogP contribution in [0.2, 0.25) is 0 Å². The third-order valence-corrected chi connectivity index (χ3v) is 4.49. The van der Waals surface area contributed by atoms with Crippen molar-refractivity contribution in [3.05, 3.63) is 83.4 Å². The van der Waals surface area contributed by atoms with Crippen molar-refractivity contribution in [1.82, 2.24) is 5.32 Å². The van der Waals surface area contributed by atoms with E-state index in [0.29, 0.717) is 22.7 Å². The number of amides is 2. The van der Waals surface area contributed by atoms with Crippen LogP contribution in [-0.4, -0.2) is 31.7 Å². The topological polar surface area (TPSA) is 116 Å². The summed E-state index contributed by atoms with van der Waals surface area (Å²) in [4.78, 5) is 37.3. The summed E-state index contributed by atoms with van der Waals surface area (Å²) in [6, 6.07) is 14.4. The summed E-state index contributed by atoms with van der Waals surface area (Å²) >= 11 is 0. The number of hydrogen-bond acceptors (Lipinski definition) is 7. The van der Waals surface area contributed by atoms with Gasteiger partial charge in [0.2, 0.25) is 6.79 Å². The van der Waals surface area contributed by atoms with Gasteiger partial charge in [-0.05, 0) is 54.1 Å². The van der Waals surface area contributed by atoms with E-state index in [4.69, 9.17) is 18.6 Å². The van der Waals surface area contributed by atoms with Crippen molar-refractivity contribution in [2.24, 2.45) is 0 Å². The molecule has 0 unspecified atom stereocenters. The van der Waals surface area contributed by atoms with Gasteiger partial charge in [-0.3, -0.25) is 9.59 Å². The van der Waals surface area contributed by atoms with Crippen LogP contribution in [0.5, 0.6) is 11.5 Å². The Morgan fingerprint density at radius 2 is 1.84 bits per heavy atom. The second kappa shape index (κ2) is 9.09. The van der Waals surface area contributed by atoms with Crippen molar-refractivity contribution in [1.29, 1.82) is 0 Å². The first-order valence-corrected chi connectivity index (χ1v) is 9.49. The predicted molar refractivity (Wildman–Crippen MR) is 113 cm³/mol. The van der Waals surface area contributed by atoms with Gasteiger partial charge in [-0.2, -0.15) is 0 Å². The monoisotopic (exact) mass is 434 g/mol.